The molecule has 6 nitrogen and oxygen atoms in total. The predicted molar refractivity (Wildman–Crippen MR) is 97.6 cm³/mol. The highest BCUT2D eigenvalue weighted by molar-refractivity contribution is 7.96. The van der Waals surface area contributed by atoms with Crippen LogP contribution in [0.4, 0.5) is 11.4 Å². The van der Waals surface area contributed by atoms with Gasteiger partial charge in [-0.3, -0.25) is 4.98 Å². The van der Waals surface area contributed by atoms with E-state index >= 15 is 0 Å². The zero-order valence-corrected chi connectivity index (χ0v) is 14.5. The van der Waals surface area contributed by atoms with Crippen LogP contribution in [0.5, 0.6) is 5.75 Å². The first-order chi connectivity index (χ1) is 11.6. The lowest BCUT2D eigenvalue weighted by atomic mass is 10.2. The summed E-state index contributed by atoms with van der Waals surface area (Å²) < 4.78 is 8.09. The van der Waals surface area contributed by atoms with Gasteiger partial charge in [0.15, 0.2) is 5.69 Å². The molecule has 1 fully saturated rings. The molecule has 0 spiro atoms. The minimum absolute atomic E-state index is 0.118. The molecule has 0 radical (unpaired) electrons. The second-order valence-electron chi connectivity index (χ2n) is 6.43. The molecule has 126 valence electrons. The lowest BCUT2D eigenvalue weighted by Gasteiger charge is -2.39. The highest BCUT2D eigenvalue weighted by Crippen LogP contribution is 2.46. The van der Waals surface area contributed by atoms with Crippen molar-refractivity contribution in [3.8, 4) is 5.75 Å². The molecule has 1 aliphatic carbocycles. The smallest absolute Gasteiger partial charge is 0.225 e. The summed E-state index contributed by atoms with van der Waals surface area (Å²) in [7, 11) is 2.03. The van der Waals surface area contributed by atoms with Crippen LogP contribution in [0, 0.1) is 5.92 Å². The van der Waals surface area contributed by atoms with Crippen LogP contribution in [0.25, 0.3) is 0 Å². The lowest BCUT2D eigenvalue weighted by molar-refractivity contribution is 0.299. The Labute approximate surface area is 146 Å². The maximum Gasteiger partial charge on any atom is 0.225 e. The zero-order chi connectivity index (χ0) is 16.6. The first kappa shape index (κ1) is 15.7. The fraction of sp³-hybridized carbons (Fsp3) is 0.353. The molecule has 24 heavy (non-hydrogen) atoms. The van der Waals surface area contributed by atoms with Crippen LogP contribution in [0.1, 0.15) is 18.4 Å². The van der Waals surface area contributed by atoms with Crippen molar-refractivity contribution in [1.29, 1.82) is 0 Å². The normalized spacial score (nSPS) is 21.8. The van der Waals surface area contributed by atoms with E-state index in [2.05, 4.69) is 20.8 Å². The van der Waals surface area contributed by atoms with E-state index in [4.69, 9.17) is 10.6 Å². The summed E-state index contributed by atoms with van der Waals surface area (Å²) in [6.45, 7) is 1.58. The third-order valence-electron chi connectivity index (χ3n) is 4.19. The molecule has 0 saturated heterocycles. The number of nitrogens with two attached hydrogens (primary N) is 1. The van der Waals surface area contributed by atoms with Crippen molar-refractivity contribution in [2.45, 2.75) is 19.4 Å². The molecule has 0 bridgehead atoms. The van der Waals surface area contributed by atoms with Crippen LogP contribution in [0.15, 0.2) is 42.7 Å². The molecular weight excluding hydrogens is 322 g/mol. The van der Waals surface area contributed by atoms with Crippen molar-refractivity contribution in [1.82, 2.24) is 13.4 Å². The Morgan fingerprint density at radius 2 is 2.29 bits per heavy atom. The van der Waals surface area contributed by atoms with E-state index < -0.39 is 0 Å². The average Bonchev–Trinajstić information content (AvgIpc) is 3.38. The number of nitrogens with one attached hydrogen (secondary N) is 1. The summed E-state index contributed by atoms with van der Waals surface area (Å²) in [5.41, 5.74) is 6.53. The van der Waals surface area contributed by atoms with Crippen molar-refractivity contribution in [2.75, 3.05) is 19.1 Å². The van der Waals surface area contributed by atoms with Gasteiger partial charge in [-0.05, 0) is 46.6 Å². The summed E-state index contributed by atoms with van der Waals surface area (Å²) in [5, 5.41) is 0. The Morgan fingerprint density at radius 3 is 3.04 bits per heavy atom. The highest BCUT2D eigenvalue weighted by atomic mass is 32.2. The number of hydrogen-bond donors (Lipinski definition) is 2. The SMILES string of the molecule is CN(Cc1cccnc1)S[N+]1(N)Nc2ccc(OCC3CC3)cc21. The molecule has 1 saturated carbocycles. The van der Waals surface area contributed by atoms with Gasteiger partial charge in [-0.2, -0.15) is 9.73 Å². The number of rotatable bonds is 7. The predicted octanol–water partition coefficient (Wildman–Crippen LogP) is 3.09. The van der Waals surface area contributed by atoms with E-state index in [-0.39, 0.29) is 4.11 Å². The average molecular weight is 344 g/mol. The molecule has 2 heterocycles. The second-order valence-corrected chi connectivity index (χ2v) is 7.79. The number of nitrogens with zero attached hydrogens (tertiary/aromatic N) is 3. The van der Waals surface area contributed by atoms with E-state index in [0.717, 1.165) is 41.8 Å². The standard InChI is InChI=1S/C17H22N5OS/c1-21(11-14-3-2-8-19-10-14)24-22(18)17-9-15(6-7-16(17)20-22)23-12-13-4-5-13/h2-3,6-10,13,20H,4-5,11-12,18H2,1H3/q+1. The fourth-order valence-electron chi connectivity index (χ4n) is 2.72. The number of quaternary nitrogens is 1. The van der Waals surface area contributed by atoms with Gasteiger partial charge in [-0.1, -0.05) is 6.07 Å². The molecule has 1 aromatic heterocycles. The Hall–Kier alpha value is -1.80. The first-order valence-corrected chi connectivity index (χ1v) is 8.88. The van der Waals surface area contributed by atoms with Gasteiger partial charge < -0.3 is 4.74 Å². The number of ether oxygens (including phenoxy) is 1. The molecule has 3 N–H and O–H groups in total. The molecule has 0 amide bonds. The minimum atomic E-state index is 0.118. The minimum Gasteiger partial charge on any atom is -0.493 e. The Bertz CT molecular complexity index is 724. The number of hydrogen-bond acceptors (Lipinski definition) is 6. The van der Waals surface area contributed by atoms with Crippen molar-refractivity contribution < 1.29 is 4.74 Å². The highest BCUT2D eigenvalue weighted by Gasteiger charge is 2.45. The maximum absolute atomic E-state index is 6.48. The number of aromatic nitrogens is 1. The van der Waals surface area contributed by atoms with E-state index in [0.29, 0.717) is 0 Å². The Kier molecular flexibility index (Phi) is 4.09. The second kappa shape index (κ2) is 6.25. The number of fused-ring (bicyclic) bond motifs is 1. The molecule has 7 heteroatoms. The molecule has 1 aliphatic heterocycles. The van der Waals surface area contributed by atoms with Crippen molar-refractivity contribution in [2.24, 2.45) is 11.8 Å². The van der Waals surface area contributed by atoms with Crippen LogP contribution in [0.2, 0.25) is 0 Å². The largest absolute Gasteiger partial charge is 0.493 e. The topological polar surface area (TPSA) is 63.4 Å². The lowest BCUT2D eigenvalue weighted by Crippen LogP contribution is -2.61. The number of benzene rings is 1. The van der Waals surface area contributed by atoms with E-state index in [1.54, 1.807) is 6.20 Å². The third kappa shape index (κ3) is 3.34. The fourth-order valence-corrected chi connectivity index (χ4v) is 3.74. The van der Waals surface area contributed by atoms with Crippen molar-refractivity contribution >= 4 is 23.5 Å². The summed E-state index contributed by atoms with van der Waals surface area (Å²) in [6.07, 6.45) is 6.24. The zero-order valence-electron chi connectivity index (χ0n) is 13.7. The molecule has 2 aliphatic rings. The Balaban J connectivity index is 1.41. The van der Waals surface area contributed by atoms with Crippen molar-refractivity contribution in [3.05, 3.63) is 48.3 Å². The van der Waals surface area contributed by atoms with E-state index in [1.165, 1.54) is 25.0 Å². The van der Waals surface area contributed by atoms with Gasteiger partial charge in [0, 0.05) is 32.1 Å². The maximum atomic E-state index is 6.48. The first-order valence-electron chi connectivity index (χ1n) is 8.15. The monoisotopic (exact) mass is 344 g/mol. The summed E-state index contributed by atoms with van der Waals surface area (Å²) in [5.74, 6) is 8.12. The van der Waals surface area contributed by atoms with Crippen LogP contribution < -0.4 is 20.1 Å². The molecule has 1 atom stereocenters. The molecule has 1 unspecified atom stereocenters. The van der Waals surface area contributed by atoms with E-state index in [1.807, 2.05) is 37.5 Å². The van der Waals surface area contributed by atoms with Gasteiger partial charge in [-0.15, -0.1) is 5.84 Å². The summed E-state index contributed by atoms with van der Waals surface area (Å²) in [4.78, 5) is 4.15. The third-order valence-corrected chi connectivity index (χ3v) is 5.15. The summed E-state index contributed by atoms with van der Waals surface area (Å²) >= 11 is 1.53. The number of pyridine rings is 1. The van der Waals surface area contributed by atoms with Crippen LogP contribution >= 0.6 is 12.1 Å². The summed E-state index contributed by atoms with van der Waals surface area (Å²) in [6, 6.07) is 10.1. The van der Waals surface area contributed by atoms with Gasteiger partial charge in [0.2, 0.25) is 17.8 Å². The van der Waals surface area contributed by atoms with Crippen LogP contribution in [-0.4, -0.2) is 22.9 Å². The van der Waals surface area contributed by atoms with Crippen LogP contribution in [0.3, 0.4) is 0 Å². The number of anilines is 1. The van der Waals surface area contributed by atoms with Gasteiger partial charge in [0.25, 0.3) is 0 Å². The van der Waals surface area contributed by atoms with Crippen molar-refractivity contribution in [3.63, 3.8) is 0 Å². The molecule has 1 aromatic carbocycles. The Morgan fingerprint density at radius 1 is 1.42 bits per heavy atom. The quantitative estimate of drug-likeness (QED) is 0.457. The van der Waals surface area contributed by atoms with Crippen LogP contribution in [-0.2, 0) is 6.54 Å². The van der Waals surface area contributed by atoms with Gasteiger partial charge in [0.05, 0.1) is 6.61 Å². The molecule has 2 aromatic rings. The van der Waals surface area contributed by atoms with Gasteiger partial charge in [-0.25, -0.2) is 0 Å². The van der Waals surface area contributed by atoms with Gasteiger partial charge >= 0.3 is 0 Å². The molecule has 4 rings (SSSR count). The van der Waals surface area contributed by atoms with Gasteiger partial charge in [0.1, 0.15) is 5.75 Å². The van der Waals surface area contributed by atoms with E-state index in [9.17, 15) is 0 Å². The molecular formula is C17H22N5OS+.